The number of carbonyl (C=O) groups is 2. The van der Waals surface area contributed by atoms with Crippen LogP contribution in [0.25, 0.3) is 0 Å². The summed E-state index contributed by atoms with van der Waals surface area (Å²) in [6, 6.07) is 10.2. The monoisotopic (exact) mass is 438 g/mol. The van der Waals surface area contributed by atoms with Crippen LogP contribution in [0.3, 0.4) is 0 Å². The number of likely N-dealkylation sites (tertiary alicyclic amines) is 1. The van der Waals surface area contributed by atoms with Crippen molar-refractivity contribution in [2.24, 2.45) is 0 Å². The Balaban J connectivity index is 1.25. The van der Waals surface area contributed by atoms with Crippen LogP contribution in [-0.4, -0.2) is 77.8 Å². The molecule has 0 N–H and O–H groups in total. The van der Waals surface area contributed by atoms with Crippen LogP contribution in [0, 0.1) is 5.82 Å². The van der Waals surface area contributed by atoms with E-state index < -0.39 is 0 Å². The molecular weight excluding hydrogens is 407 g/mol. The number of halogens is 1. The molecule has 0 radical (unpaired) electrons. The van der Waals surface area contributed by atoms with Crippen LogP contribution in [0.2, 0.25) is 0 Å². The van der Waals surface area contributed by atoms with Crippen molar-refractivity contribution in [3.63, 3.8) is 0 Å². The fourth-order valence-corrected chi connectivity index (χ4v) is 4.45. The maximum Gasteiger partial charge on any atom is 0.255 e. The zero-order valence-electron chi connectivity index (χ0n) is 18.7. The van der Waals surface area contributed by atoms with Gasteiger partial charge < -0.3 is 14.7 Å². The molecule has 1 aromatic heterocycles. The summed E-state index contributed by atoms with van der Waals surface area (Å²) in [5.74, 6) is 0.254. The lowest BCUT2D eigenvalue weighted by atomic mass is 9.92. The average molecular weight is 439 g/mol. The van der Waals surface area contributed by atoms with Crippen LogP contribution in [0.4, 0.5) is 4.39 Å². The normalized spacial score (nSPS) is 18.1. The maximum atomic E-state index is 13.0. The van der Waals surface area contributed by atoms with Gasteiger partial charge in [-0.15, -0.1) is 0 Å². The van der Waals surface area contributed by atoms with Crippen molar-refractivity contribution in [1.29, 1.82) is 0 Å². The van der Waals surface area contributed by atoms with Crippen molar-refractivity contribution in [3.8, 4) is 0 Å². The summed E-state index contributed by atoms with van der Waals surface area (Å²) in [4.78, 5) is 35.9. The largest absolute Gasteiger partial charge is 0.343 e. The first-order valence-electron chi connectivity index (χ1n) is 11.5. The molecule has 0 bridgehead atoms. The molecule has 1 aromatic carbocycles. The third-order valence-corrected chi connectivity index (χ3v) is 6.63. The highest BCUT2D eigenvalue weighted by atomic mass is 19.1. The molecule has 32 heavy (non-hydrogen) atoms. The summed E-state index contributed by atoms with van der Waals surface area (Å²) in [5, 5.41) is 0. The minimum atomic E-state index is -0.257. The summed E-state index contributed by atoms with van der Waals surface area (Å²) in [7, 11) is 2.07. The third kappa shape index (κ3) is 5.51. The van der Waals surface area contributed by atoms with Crippen molar-refractivity contribution in [3.05, 3.63) is 65.2 Å². The lowest BCUT2D eigenvalue weighted by Crippen LogP contribution is -2.47. The molecule has 0 atom stereocenters. The van der Waals surface area contributed by atoms with Gasteiger partial charge in [0.15, 0.2) is 0 Å². The smallest absolute Gasteiger partial charge is 0.255 e. The number of rotatable bonds is 5. The summed E-state index contributed by atoms with van der Waals surface area (Å²) in [6.45, 7) is 4.75. The molecule has 2 saturated heterocycles. The number of aryl methyl sites for hydroxylation is 1. The van der Waals surface area contributed by atoms with Gasteiger partial charge in [0.05, 0.1) is 5.56 Å². The summed E-state index contributed by atoms with van der Waals surface area (Å²) in [5.41, 5.74) is 2.62. The Morgan fingerprint density at radius 3 is 2.25 bits per heavy atom. The number of aromatic nitrogens is 1. The molecule has 2 aromatic rings. The standard InChI is InChI=1S/C25H31FN4O2/c1-28-14-16-30(17-15-28)25(32)21-5-8-23(27-18-21)20-10-12-29(13-11-20)24(31)9-4-19-2-6-22(26)7-3-19/h2-3,5-8,18,20H,4,9-17H2,1H3. The Kier molecular flexibility index (Phi) is 7.15. The molecule has 3 heterocycles. The number of carbonyl (C=O) groups excluding carboxylic acids is 2. The molecule has 2 amide bonds. The summed E-state index contributed by atoms with van der Waals surface area (Å²) < 4.78 is 13.0. The highest BCUT2D eigenvalue weighted by Crippen LogP contribution is 2.27. The van der Waals surface area contributed by atoms with E-state index in [2.05, 4.69) is 16.9 Å². The molecule has 0 spiro atoms. The van der Waals surface area contributed by atoms with Crippen molar-refractivity contribution >= 4 is 11.8 Å². The van der Waals surface area contributed by atoms with Gasteiger partial charge in [0.25, 0.3) is 5.91 Å². The first kappa shape index (κ1) is 22.4. The molecule has 7 heteroatoms. The van der Waals surface area contributed by atoms with E-state index in [1.54, 1.807) is 18.3 Å². The second-order valence-corrected chi connectivity index (χ2v) is 8.85. The number of pyridine rings is 1. The van der Waals surface area contributed by atoms with E-state index in [1.807, 2.05) is 21.9 Å². The van der Waals surface area contributed by atoms with E-state index in [1.165, 1.54) is 12.1 Å². The average Bonchev–Trinajstić information content (AvgIpc) is 2.84. The number of benzene rings is 1. The fraction of sp³-hybridized carbons (Fsp3) is 0.480. The second kappa shape index (κ2) is 10.2. The molecular formula is C25H31FN4O2. The topological polar surface area (TPSA) is 56.8 Å². The first-order valence-corrected chi connectivity index (χ1v) is 11.5. The van der Waals surface area contributed by atoms with E-state index in [4.69, 9.17) is 0 Å². The predicted octanol–water partition coefficient (Wildman–Crippen LogP) is 2.95. The van der Waals surface area contributed by atoms with Gasteiger partial charge in [-0.2, -0.15) is 0 Å². The van der Waals surface area contributed by atoms with Gasteiger partial charge in [0.2, 0.25) is 5.91 Å². The number of amides is 2. The van der Waals surface area contributed by atoms with Gasteiger partial charge >= 0.3 is 0 Å². The molecule has 2 aliphatic rings. The number of piperidine rings is 1. The molecule has 2 fully saturated rings. The molecule has 0 aliphatic carbocycles. The Bertz CT molecular complexity index is 916. The Hall–Kier alpha value is -2.80. The van der Waals surface area contributed by atoms with E-state index in [0.717, 1.165) is 63.4 Å². The van der Waals surface area contributed by atoms with E-state index in [9.17, 15) is 14.0 Å². The second-order valence-electron chi connectivity index (χ2n) is 8.85. The number of hydrogen-bond donors (Lipinski definition) is 0. The van der Waals surface area contributed by atoms with Crippen LogP contribution >= 0.6 is 0 Å². The van der Waals surface area contributed by atoms with Gasteiger partial charge in [0, 0.05) is 63.5 Å². The van der Waals surface area contributed by atoms with Crippen molar-refractivity contribution < 1.29 is 14.0 Å². The lowest BCUT2D eigenvalue weighted by Gasteiger charge is -2.33. The minimum absolute atomic E-state index is 0.0544. The predicted molar refractivity (Wildman–Crippen MR) is 121 cm³/mol. The number of hydrogen-bond acceptors (Lipinski definition) is 4. The Labute approximate surface area is 189 Å². The molecule has 2 aliphatic heterocycles. The zero-order chi connectivity index (χ0) is 22.5. The van der Waals surface area contributed by atoms with Crippen LogP contribution in [0.5, 0.6) is 0 Å². The lowest BCUT2D eigenvalue weighted by molar-refractivity contribution is -0.132. The van der Waals surface area contributed by atoms with Crippen LogP contribution in [-0.2, 0) is 11.2 Å². The Morgan fingerprint density at radius 1 is 0.938 bits per heavy atom. The van der Waals surface area contributed by atoms with E-state index in [0.29, 0.717) is 24.3 Å². The fourth-order valence-electron chi connectivity index (χ4n) is 4.45. The molecule has 0 saturated carbocycles. The van der Waals surface area contributed by atoms with Gasteiger partial charge in [-0.25, -0.2) is 4.39 Å². The quantitative estimate of drug-likeness (QED) is 0.720. The van der Waals surface area contributed by atoms with Gasteiger partial charge in [-0.1, -0.05) is 12.1 Å². The zero-order valence-corrected chi connectivity index (χ0v) is 18.7. The summed E-state index contributed by atoms with van der Waals surface area (Å²) in [6.07, 6.45) is 4.53. The maximum absolute atomic E-state index is 13.0. The highest BCUT2D eigenvalue weighted by Gasteiger charge is 2.25. The van der Waals surface area contributed by atoms with E-state index >= 15 is 0 Å². The van der Waals surface area contributed by atoms with Gasteiger partial charge in [-0.3, -0.25) is 14.6 Å². The third-order valence-electron chi connectivity index (χ3n) is 6.63. The van der Waals surface area contributed by atoms with Crippen molar-refractivity contribution in [2.75, 3.05) is 46.3 Å². The minimum Gasteiger partial charge on any atom is -0.343 e. The molecule has 0 unspecified atom stereocenters. The highest BCUT2D eigenvalue weighted by molar-refractivity contribution is 5.94. The van der Waals surface area contributed by atoms with Crippen molar-refractivity contribution in [1.82, 2.24) is 19.7 Å². The van der Waals surface area contributed by atoms with Crippen LogP contribution in [0.15, 0.2) is 42.6 Å². The van der Waals surface area contributed by atoms with Crippen molar-refractivity contribution in [2.45, 2.75) is 31.6 Å². The number of piperazine rings is 1. The number of likely N-dealkylation sites (N-methyl/N-ethyl adjacent to an activating group) is 1. The first-order chi connectivity index (χ1) is 15.5. The molecule has 4 rings (SSSR count). The van der Waals surface area contributed by atoms with Crippen LogP contribution < -0.4 is 0 Å². The van der Waals surface area contributed by atoms with Gasteiger partial charge in [-0.05, 0) is 56.1 Å². The van der Waals surface area contributed by atoms with Gasteiger partial charge in [0.1, 0.15) is 5.82 Å². The SMILES string of the molecule is CN1CCN(C(=O)c2ccc(C3CCN(C(=O)CCc4ccc(F)cc4)CC3)nc2)CC1. The molecule has 170 valence electrons. The number of nitrogens with zero attached hydrogens (tertiary/aromatic N) is 4. The Morgan fingerprint density at radius 2 is 1.62 bits per heavy atom. The summed E-state index contributed by atoms with van der Waals surface area (Å²) >= 11 is 0. The van der Waals surface area contributed by atoms with E-state index in [-0.39, 0.29) is 17.6 Å². The van der Waals surface area contributed by atoms with Crippen LogP contribution in [0.1, 0.15) is 46.8 Å². The molecule has 6 nitrogen and oxygen atoms in total.